The van der Waals surface area contributed by atoms with Gasteiger partial charge in [-0.05, 0) is 17.7 Å². The van der Waals surface area contributed by atoms with Gasteiger partial charge in [0.1, 0.15) is 12.6 Å². The van der Waals surface area contributed by atoms with Crippen LogP contribution in [0.3, 0.4) is 0 Å². The number of phenolic OH excluding ortho intramolecular Hbond substituents is 1. The molecule has 0 aliphatic carbocycles. The smallest absolute Gasteiger partial charge is 0.408 e. The van der Waals surface area contributed by atoms with Gasteiger partial charge in [0.05, 0.1) is 17.5 Å². The normalized spacial score (nSPS) is 11.6. The number of aromatic nitrogens is 2. The summed E-state index contributed by atoms with van der Waals surface area (Å²) in [6, 6.07) is 11.6. The van der Waals surface area contributed by atoms with Gasteiger partial charge in [0, 0.05) is 29.9 Å². The second-order valence-electron chi connectivity index (χ2n) is 6.78. The van der Waals surface area contributed by atoms with Crippen LogP contribution in [0.4, 0.5) is 10.5 Å². The summed E-state index contributed by atoms with van der Waals surface area (Å²) in [5.74, 6) is -1.13. The third-order valence-electron chi connectivity index (χ3n) is 4.38. The molecule has 33 heavy (non-hydrogen) atoms. The number of aromatic hydroxyl groups is 1. The number of alkyl carbamates (subject to hydrolysis) is 1. The fourth-order valence-electron chi connectivity index (χ4n) is 2.75. The predicted molar refractivity (Wildman–Crippen MR) is 116 cm³/mol. The van der Waals surface area contributed by atoms with E-state index in [2.05, 4.69) is 25.8 Å². The number of aromatic amines is 1. The molecule has 0 aliphatic rings. The van der Waals surface area contributed by atoms with Gasteiger partial charge in [0.15, 0.2) is 5.75 Å². The topological polar surface area (TPSA) is 172 Å². The highest BCUT2D eigenvalue weighted by atomic mass is 16.6. The molecular formula is C21H20N6O6. The molecule has 1 atom stereocenters. The fraction of sp³-hybridized carbons (Fsp3) is 0.143. The molecule has 0 aliphatic heterocycles. The molecule has 3 aromatic rings. The number of rotatable bonds is 9. The SMILES string of the molecule is O=C(N[C@H](Cc1cnc[nH]1)C(=O)N/N=C\c1ccc(O)c([N+](=O)[O-])c1)OCc1ccccc1. The predicted octanol–water partition coefficient (Wildman–Crippen LogP) is 2.01. The summed E-state index contributed by atoms with van der Waals surface area (Å²) >= 11 is 0. The van der Waals surface area contributed by atoms with Crippen LogP contribution in [-0.4, -0.2) is 44.3 Å². The number of nitrogens with one attached hydrogen (secondary N) is 3. The number of carbonyl (C=O) groups is 2. The van der Waals surface area contributed by atoms with Crippen LogP contribution in [0.2, 0.25) is 0 Å². The van der Waals surface area contributed by atoms with E-state index >= 15 is 0 Å². The van der Waals surface area contributed by atoms with E-state index in [-0.39, 0.29) is 18.6 Å². The molecule has 0 fully saturated rings. The van der Waals surface area contributed by atoms with Crippen LogP contribution >= 0.6 is 0 Å². The van der Waals surface area contributed by atoms with Crippen LogP contribution in [0.15, 0.2) is 66.2 Å². The molecular weight excluding hydrogens is 432 g/mol. The summed E-state index contributed by atoms with van der Waals surface area (Å²) in [6.45, 7) is 0.0306. The largest absolute Gasteiger partial charge is 0.502 e. The molecule has 0 unspecified atom stereocenters. The minimum atomic E-state index is -1.04. The zero-order valence-corrected chi connectivity index (χ0v) is 17.2. The Bertz CT molecular complexity index is 1130. The molecule has 12 nitrogen and oxygen atoms in total. The van der Waals surface area contributed by atoms with Crippen LogP contribution in [0.1, 0.15) is 16.8 Å². The quantitative estimate of drug-likeness (QED) is 0.218. The average Bonchev–Trinajstić information content (AvgIpc) is 3.32. The van der Waals surface area contributed by atoms with Crippen LogP contribution in [0.5, 0.6) is 5.75 Å². The number of hydrogen-bond donors (Lipinski definition) is 4. The van der Waals surface area contributed by atoms with Crippen molar-refractivity contribution in [1.29, 1.82) is 0 Å². The lowest BCUT2D eigenvalue weighted by Crippen LogP contribution is -2.47. The van der Waals surface area contributed by atoms with Gasteiger partial charge >= 0.3 is 11.8 Å². The first-order chi connectivity index (χ1) is 15.9. The summed E-state index contributed by atoms with van der Waals surface area (Å²) in [7, 11) is 0. The molecule has 0 radical (unpaired) electrons. The van der Waals surface area contributed by atoms with Crippen molar-refractivity contribution in [2.24, 2.45) is 5.10 Å². The number of nitro groups is 1. The van der Waals surface area contributed by atoms with E-state index in [0.29, 0.717) is 5.69 Å². The lowest BCUT2D eigenvalue weighted by molar-refractivity contribution is -0.385. The molecule has 1 heterocycles. The minimum absolute atomic E-state index is 0.0306. The maximum absolute atomic E-state index is 12.6. The summed E-state index contributed by atoms with van der Waals surface area (Å²) in [5.41, 5.74) is 3.44. The Kier molecular flexibility index (Phi) is 7.67. The van der Waals surface area contributed by atoms with Crippen molar-refractivity contribution < 1.29 is 24.4 Å². The lowest BCUT2D eigenvalue weighted by atomic mass is 10.1. The number of imidazole rings is 1. The Morgan fingerprint density at radius 3 is 2.76 bits per heavy atom. The van der Waals surface area contributed by atoms with Gasteiger partial charge in [-0.2, -0.15) is 5.10 Å². The van der Waals surface area contributed by atoms with E-state index in [9.17, 15) is 24.8 Å². The molecule has 0 spiro atoms. The second kappa shape index (κ2) is 11.0. The van der Waals surface area contributed by atoms with Gasteiger partial charge in [0.25, 0.3) is 5.91 Å². The summed E-state index contributed by atoms with van der Waals surface area (Å²) in [6.07, 6.45) is 3.42. The first-order valence-corrected chi connectivity index (χ1v) is 9.67. The first-order valence-electron chi connectivity index (χ1n) is 9.67. The number of ether oxygens (including phenoxy) is 1. The summed E-state index contributed by atoms with van der Waals surface area (Å²) < 4.78 is 5.17. The number of phenols is 1. The molecule has 3 rings (SSSR count). The fourth-order valence-corrected chi connectivity index (χ4v) is 2.75. The Morgan fingerprint density at radius 2 is 2.06 bits per heavy atom. The van der Waals surface area contributed by atoms with Crippen molar-refractivity contribution >= 4 is 23.9 Å². The molecule has 4 N–H and O–H groups in total. The monoisotopic (exact) mass is 452 g/mol. The van der Waals surface area contributed by atoms with Crippen LogP contribution < -0.4 is 10.7 Å². The highest BCUT2D eigenvalue weighted by Crippen LogP contribution is 2.25. The molecule has 2 amide bonds. The molecule has 0 bridgehead atoms. The van der Waals surface area contributed by atoms with E-state index in [1.54, 1.807) is 12.1 Å². The van der Waals surface area contributed by atoms with Crippen LogP contribution in [-0.2, 0) is 22.6 Å². The molecule has 170 valence electrons. The van der Waals surface area contributed by atoms with Crippen molar-refractivity contribution in [3.8, 4) is 5.75 Å². The highest BCUT2D eigenvalue weighted by Gasteiger charge is 2.22. The van der Waals surface area contributed by atoms with Gasteiger partial charge in [-0.15, -0.1) is 0 Å². The van der Waals surface area contributed by atoms with Gasteiger partial charge in [0.2, 0.25) is 0 Å². The van der Waals surface area contributed by atoms with E-state index < -0.39 is 34.4 Å². The number of hydrogen-bond acceptors (Lipinski definition) is 8. The third kappa shape index (κ3) is 6.89. The molecule has 12 heteroatoms. The number of H-pyrrole nitrogens is 1. The van der Waals surface area contributed by atoms with E-state index in [1.807, 2.05) is 18.2 Å². The second-order valence-corrected chi connectivity index (χ2v) is 6.78. The van der Waals surface area contributed by atoms with Crippen molar-refractivity contribution in [2.45, 2.75) is 19.1 Å². The zero-order valence-electron chi connectivity index (χ0n) is 17.2. The van der Waals surface area contributed by atoms with Gasteiger partial charge < -0.3 is 20.1 Å². The van der Waals surface area contributed by atoms with Gasteiger partial charge in [-0.25, -0.2) is 15.2 Å². The number of amides is 2. The lowest BCUT2D eigenvalue weighted by Gasteiger charge is -2.16. The minimum Gasteiger partial charge on any atom is -0.502 e. The van der Waals surface area contributed by atoms with Crippen molar-refractivity contribution in [3.63, 3.8) is 0 Å². The Balaban J connectivity index is 1.62. The number of nitro benzene ring substituents is 1. The molecule has 0 saturated heterocycles. The number of nitrogens with zero attached hydrogens (tertiary/aromatic N) is 3. The number of benzene rings is 2. The molecule has 1 aromatic heterocycles. The number of hydrazone groups is 1. The Hall–Kier alpha value is -4.74. The van der Waals surface area contributed by atoms with Crippen LogP contribution in [0.25, 0.3) is 0 Å². The maximum Gasteiger partial charge on any atom is 0.408 e. The Labute approximate surface area is 187 Å². The summed E-state index contributed by atoms with van der Waals surface area (Å²) in [5, 5.41) is 26.7. The van der Waals surface area contributed by atoms with E-state index in [0.717, 1.165) is 17.7 Å². The van der Waals surface area contributed by atoms with Gasteiger partial charge in [-0.3, -0.25) is 14.9 Å². The molecule has 0 saturated carbocycles. The van der Waals surface area contributed by atoms with Crippen molar-refractivity contribution in [3.05, 3.63) is 88.0 Å². The van der Waals surface area contributed by atoms with E-state index in [4.69, 9.17) is 4.74 Å². The van der Waals surface area contributed by atoms with Gasteiger partial charge in [-0.1, -0.05) is 30.3 Å². The molecule has 2 aromatic carbocycles. The zero-order chi connectivity index (χ0) is 23.6. The standard InChI is InChI=1S/C21H20N6O6/c28-19-7-6-15(8-18(19)27(31)32)10-24-26-20(29)17(9-16-11-22-13-23-16)25-21(30)33-12-14-4-2-1-3-5-14/h1-8,10-11,13,17,28H,9,12H2,(H,22,23)(H,25,30)(H,26,29)/b24-10-/t17-/m1/s1. The van der Waals surface area contributed by atoms with E-state index in [1.165, 1.54) is 24.8 Å². The Morgan fingerprint density at radius 1 is 1.27 bits per heavy atom. The first kappa shape index (κ1) is 22.9. The highest BCUT2D eigenvalue weighted by molar-refractivity contribution is 5.88. The van der Waals surface area contributed by atoms with Crippen molar-refractivity contribution in [2.75, 3.05) is 0 Å². The van der Waals surface area contributed by atoms with Crippen molar-refractivity contribution in [1.82, 2.24) is 20.7 Å². The third-order valence-corrected chi connectivity index (χ3v) is 4.38. The van der Waals surface area contributed by atoms with Crippen LogP contribution in [0, 0.1) is 10.1 Å². The number of carbonyl (C=O) groups excluding carboxylic acids is 2. The summed E-state index contributed by atoms with van der Waals surface area (Å²) in [4.78, 5) is 41.8. The average molecular weight is 452 g/mol. The maximum atomic E-state index is 12.6.